The number of ether oxygens (including phenoxy) is 2. The monoisotopic (exact) mass is 551 g/mol. The molecule has 0 unspecified atom stereocenters. The van der Waals surface area contributed by atoms with Crippen LogP contribution < -0.4 is 5.56 Å². The van der Waals surface area contributed by atoms with Gasteiger partial charge in [-0.1, -0.05) is 6.92 Å². The molecular formula is C30H34FN3O6. The summed E-state index contributed by atoms with van der Waals surface area (Å²) in [5.41, 5.74) is 2.37. The number of halogens is 1. The zero-order valence-electron chi connectivity index (χ0n) is 22.8. The number of hydrogen-bond acceptors (Lipinski definition) is 8. The van der Waals surface area contributed by atoms with Crippen molar-refractivity contribution < 1.29 is 28.9 Å². The van der Waals surface area contributed by atoms with Crippen LogP contribution in [0.25, 0.3) is 22.3 Å². The number of cyclic esters (lactones) is 1. The molecule has 2 aromatic heterocycles. The Bertz CT molecular complexity index is 1560. The second-order valence-electron chi connectivity index (χ2n) is 11.2. The summed E-state index contributed by atoms with van der Waals surface area (Å²) in [5.74, 6) is -0.672. The van der Waals surface area contributed by atoms with Gasteiger partial charge >= 0.3 is 5.97 Å². The second kappa shape index (κ2) is 10.3. The SMILES string of the molecule is CC[C@@]1(O)C(=O)OCc2c1cc1n(c2=O)Cc2c-1nc1cc(F)c(C)cc1c2CN1CCC(COCCO)CC1. The number of carbonyl (C=O) groups is 1. The number of fused-ring (bicyclic) bond motifs is 5. The Morgan fingerprint density at radius 3 is 2.70 bits per heavy atom. The number of aliphatic hydroxyl groups excluding tert-OH is 1. The van der Waals surface area contributed by atoms with Crippen molar-refractivity contribution in [1.29, 1.82) is 0 Å². The summed E-state index contributed by atoms with van der Waals surface area (Å²) >= 11 is 0. The van der Waals surface area contributed by atoms with Crippen LogP contribution in [0.15, 0.2) is 23.0 Å². The highest BCUT2D eigenvalue weighted by Crippen LogP contribution is 2.41. The van der Waals surface area contributed by atoms with Gasteiger partial charge in [0.15, 0.2) is 5.60 Å². The largest absolute Gasteiger partial charge is 0.458 e. The number of esters is 1. The van der Waals surface area contributed by atoms with Gasteiger partial charge in [-0.3, -0.25) is 9.69 Å². The standard InChI is InChI=1S/C30H34FN3O6/c1-3-30(38)23-11-26-27-21(14-34(26)28(36)22(23)16-40-29(30)37)20(19-10-17(2)24(31)12-25(19)32-27)13-33-6-4-18(5-7-33)15-39-9-8-35/h10-12,18,35,38H,3-9,13-16H2,1-2H3/t30-/m0/s1. The van der Waals surface area contributed by atoms with Gasteiger partial charge in [-0.05, 0) is 68.5 Å². The number of likely N-dealkylation sites (tertiary alicyclic amines) is 1. The lowest BCUT2D eigenvalue weighted by atomic mass is 9.86. The van der Waals surface area contributed by atoms with Crippen molar-refractivity contribution in [2.75, 3.05) is 32.9 Å². The summed E-state index contributed by atoms with van der Waals surface area (Å²) in [6, 6.07) is 4.97. The Labute approximate surface area is 231 Å². The maximum absolute atomic E-state index is 14.7. The van der Waals surface area contributed by atoms with Crippen LogP contribution in [0.4, 0.5) is 4.39 Å². The molecule has 0 bridgehead atoms. The number of aryl methyl sites for hydroxylation is 1. The zero-order chi connectivity index (χ0) is 28.2. The Balaban J connectivity index is 1.43. The molecule has 0 spiro atoms. The van der Waals surface area contributed by atoms with Crippen molar-refractivity contribution in [3.8, 4) is 11.4 Å². The summed E-state index contributed by atoms with van der Waals surface area (Å²) in [4.78, 5) is 33.4. The number of rotatable bonds is 7. The Kier molecular flexibility index (Phi) is 6.98. The molecule has 1 aromatic carbocycles. The minimum Gasteiger partial charge on any atom is -0.458 e. The van der Waals surface area contributed by atoms with Crippen molar-refractivity contribution in [1.82, 2.24) is 14.5 Å². The average molecular weight is 552 g/mol. The first kappa shape index (κ1) is 27.0. The first-order valence-electron chi connectivity index (χ1n) is 13.9. The molecule has 3 aliphatic rings. The summed E-state index contributed by atoms with van der Waals surface area (Å²) in [6.45, 7) is 6.90. The van der Waals surface area contributed by atoms with Gasteiger partial charge in [0, 0.05) is 35.7 Å². The fraction of sp³-hybridized carbons (Fsp3) is 0.500. The van der Waals surface area contributed by atoms with Crippen LogP contribution in [0.5, 0.6) is 0 Å². The maximum atomic E-state index is 14.7. The number of piperidine rings is 1. The van der Waals surface area contributed by atoms with Crippen molar-refractivity contribution >= 4 is 16.9 Å². The van der Waals surface area contributed by atoms with E-state index in [9.17, 15) is 19.1 Å². The van der Waals surface area contributed by atoms with E-state index >= 15 is 0 Å². The van der Waals surface area contributed by atoms with Crippen LogP contribution in [0.3, 0.4) is 0 Å². The van der Waals surface area contributed by atoms with Crippen LogP contribution in [-0.2, 0) is 39.6 Å². The van der Waals surface area contributed by atoms with E-state index in [-0.39, 0.29) is 42.1 Å². The van der Waals surface area contributed by atoms with Gasteiger partial charge in [-0.2, -0.15) is 0 Å². The molecule has 3 aliphatic heterocycles. The van der Waals surface area contributed by atoms with E-state index in [0.717, 1.165) is 42.4 Å². The molecule has 1 saturated heterocycles. The number of benzene rings is 1. The normalized spacial score (nSPS) is 20.9. The molecule has 6 rings (SSSR count). The second-order valence-corrected chi connectivity index (χ2v) is 11.2. The lowest BCUT2D eigenvalue weighted by Gasteiger charge is -2.32. The highest BCUT2D eigenvalue weighted by atomic mass is 19.1. The molecule has 0 radical (unpaired) electrons. The minimum absolute atomic E-state index is 0.0224. The van der Waals surface area contributed by atoms with Crippen molar-refractivity contribution in [2.45, 2.75) is 58.4 Å². The summed E-state index contributed by atoms with van der Waals surface area (Å²) in [7, 11) is 0. The zero-order valence-corrected chi connectivity index (χ0v) is 22.8. The smallest absolute Gasteiger partial charge is 0.343 e. The highest BCUT2D eigenvalue weighted by molar-refractivity contribution is 5.89. The molecule has 3 aromatic rings. The third-order valence-electron chi connectivity index (χ3n) is 8.76. The number of aliphatic hydroxyl groups is 2. The third kappa shape index (κ3) is 4.34. The predicted molar refractivity (Wildman–Crippen MR) is 145 cm³/mol. The molecule has 212 valence electrons. The van der Waals surface area contributed by atoms with Crippen molar-refractivity contribution in [3.63, 3.8) is 0 Å². The molecule has 2 N–H and O–H groups in total. The number of carbonyl (C=O) groups excluding carboxylic acids is 1. The molecule has 0 aliphatic carbocycles. The molecule has 1 fully saturated rings. The predicted octanol–water partition coefficient (Wildman–Crippen LogP) is 2.75. The Morgan fingerprint density at radius 2 is 1.98 bits per heavy atom. The maximum Gasteiger partial charge on any atom is 0.343 e. The molecule has 1 atom stereocenters. The number of pyridine rings is 2. The summed E-state index contributed by atoms with van der Waals surface area (Å²) in [6.07, 6.45) is 2.01. The lowest BCUT2D eigenvalue weighted by molar-refractivity contribution is -0.172. The van der Waals surface area contributed by atoms with E-state index < -0.39 is 11.6 Å². The first-order chi connectivity index (χ1) is 19.2. The number of nitrogens with zero attached hydrogens (tertiary/aromatic N) is 3. The summed E-state index contributed by atoms with van der Waals surface area (Å²) < 4.78 is 27.1. The molecule has 10 heteroatoms. The van der Waals surface area contributed by atoms with E-state index in [1.165, 1.54) is 6.07 Å². The quantitative estimate of drug-likeness (QED) is 0.266. The van der Waals surface area contributed by atoms with Gasteiger partial charge in [0.05, 0.1) is 42.2 Å². The average Bonchev–Trinajstić information content (AvgIpc) is 3.32. The van der Waals surface area contributed by atoms with Gasteiger partial charge in [0.2, 0.25) is 0 Å². The van der Waals surface area contributed by atoms with Crippen LogP contribution in [0, 0.1) is 18.7 Å². The topological polar surface area (TPSA) is 114 Å². The molecular weight excluding hydrogens is 517 g/mol. The van der Waals surface area contributed by atoms with E-state index in [1.807, 2.05) is 6.07 Å². The molecule has 0 amide bonds. The van der Waals surface area contributed by atoms with E-state index in [0.29, 0.717) is 54.7 Å². The van der Waals surface area contributed by atoms with Crippen LogP contribution in [0.1, 0.15) is 54.0 Å². The molecule has 40 heavy (non-hydrogen) atoms. The third-order valence-corrected chi connectivity index (χ3v) is 8.76. The Morgan fingerprint density at radius 1 is 1.20 bits per heavy atom. The first-order valence-corrected chi connectivity index (χ1v) is 13.9. The highest BCUT2D eigenvalue weighted by Gasteiger charge is 2.45. The van der Waals surface area contributed by atoms with E-state index in [1.54, 1.807) is 24.5 Å². The van der Waals surface area contributed by atoms with Crippen molar-refractivity contribution in [2.24, 2.45) is 5.92 Å². The van der Waals surface area contributed by atoms with Crippen LogP contribution in [-0.4, -0.2) is 63.5 Å². The minimum atomic E-state index is -1.90. The van der Waals surface area contributed by atoms with Crippen molar-refractivity contribution in [3.05, 3.63) is 62.2 Å². The number of hydrogen-bond donors (Lipinski definition) is 2. The van der Waals surface area contributed by atoms with Crippen LogP contribution >= 0.6 is 0 Å². The van der Waals surface area contributed by atoms with Gasteiger partial charge in [0.1, 0.15) is 12.4 Å². The van der Waals surface area contributed by atoms with Gasteiger partial charge in [-0.15, -0.1) is 0 Å². The number of aromatic nitrogens is 2. The molecule has 0 saturated carbocycles. The van der Waals surface area contributed by atoms with Gasteiger partial charge in [-0.25, -0.2) is 14.2 Å². The molecule has 9 nitrogen and oxygen atoms in total. The summed E-state index contributed by atoms with van der Waals surface area (Å²) in [5, 5.41) is 21.0. The van der Waals surface area contributed by atoms with Gasteiger partial charge < -0.3 is 24.3 Å². The molecule has 5 heterocycles. The fourth-order valence-corrected chi connectivity index (χ4v) is 6.32. The van der Waals surface area contributed by atoms with E-state index in [2.05, 4.69) is 4.90 Å². The fourth-order valence-electron chi connectivity index (χ4n) is 6.32. The van der Waals surface area contributed by atoms with Crippen LogP contribution in [0.2, 0.25) is 0 Å². The Hall–Kier alpha value is -3.18. The van der Waals surface area contributed by atoms with Gasteiger partial charge in [0.25, 0.3) is 5.56 Å². The van der Waals surface area contributed by atoms with E-state index in [4.69, 9.17) is 19.6 Å². The lowest BCUT2D eigenvalue weighted by Crippen LogP contribution is -2.44.